The van der Waals surface area contributed by atoms with Gasteiger partial charge in [0.25, 0.3) is 5.91 Å². The van der Waals surface area contributed by atoms with Gasteiger partial charge in [0.1, 0.15) is 5.75 Å². The molecule has 0 spiro atoms. The van der Waals surface area contributed by atoms with E-state index in [2.05, 4.69) is 19.2 Å². The van der Waals surface area contributed by atoms with Gasteiger partial charge in [-0.2, -0.15) is 0 Å². The van der Waals surface area contributed by atoms with Gasteiger partial charge in [0, 0.05) is 6.04 Å². The molecule has 138 valence electrons. The van der Waals surface area contributed by atoms with E-state index in [0.717, 1.165) is 24.0 Å². The predicted octanol–water partition coefficient (Wildman–Crippen LogP) is 3.17. The van der Waals surface area contributed by atoms with Crippen molar-refractivity contribution >= 4 is 11.9 Å². The average molecular weight is 347 g/mol. The number of hydrogen-bond donors (Lipinski definition) is 1. The molecule has 1 fully saturated rings. The maximum absolute atomic E-state index is 12.0. The lowest BCUT2D eigenvalue weighted by Gasteiger charge is -2.34. The second-order valence-electron chi connectivity index (χ2n) is 7.14. The highest BCUT2D eigenvalue weighted by Gasteiger charge is 2.28. The van der Waals surface area contributed by atoms with Gasteiger partial charge in [-0.15, -0.1) is 0 Å². The summed E-state index contributed by atoms with van der Waals surface area (Å²) in [5.41, 5.74) is 2.26. The molecule has 0 aromatic heterocycles. The first kappa shape index (κ1) is 19.3. The molecule has 0 unspecified atom stereocenters. The minimum Gasteiger partial charge on any atom is -0.482 e. The normalized spacial score (nSPS) is 23.0. The van der Waals surface area contributed by atoms with E-state index in [1.165, 1.54) is 6.42 Å². The minimum absolute atomic E-state index is 0.168. The van der Waals surface area contributed by atoms with Crippen LogP contribution in [0.4, 0.5) is 0 Å². The second kappa shape index (κ2) is 8.88. The number of aryl methyl sites for hydroxylation is 2. The molecule has 1 saturated carbocycles. The molecule has 1 aromatic rings. The lowest BCUT2D eigenvalue weighted by Crippen LogP contribution is -2.45. The number of hydrogen-bond acceptors (Lipinski definition) is 4. The Labute approximate surface area is 150 Å². The summed E-state index contributed by atoms with van der Waals surface area (Å²) in [4.78, 5) is 23.7. The smallest absolute Gasteiger partial charge is 0.344 e. The second-order valence-corrected chi connectivity index (χ2v) is 7.14. The first-order valence-corrected chi connectivity index (χ1v) is 9.02. The highest BCUT2D eigenvalue weighted by Crippen LogP contribution is 2.29. The molecule has 1 aromatic carbocycles. The van der Waals surface area contributed by atoms with Crippen LogP contribution in [-0.4, -0.2) is 31.1 Å². The fourth-order valence-electron chi connectivity index (χ4n) is 3.17. The summed E-state index contributed by atoms with van der Waals surface area (Å²) in [6.45, 7) is 7.92. The Bertz CT molecular complexity index is 614. The third-order valence-corrected chi connectivity index (χ3v) is 5.25. The Balaban J connectivity index is 1.70. The molecule has 1 amide bonds. The molecular weight excluding hydrogens is 318 g/mol. The molecule has 25 heavy (non-hydrogen) atoms. The van der Waals surface area contributed by atoms with Crippen LogP contribution in [0.1, 0.15) is 44.2 Å². The standard InChI is InChI=1S/C20H29NO4/c1-13-8-9-17(10-15(13)3)24-12-20(23)25-11-19(22)21-18-7-5-6-14(2)16(18)4/h8-10,14,16,18H,5-7,11-12H2,1-4H3,(H,21,22)/t14-,16-,18+/m0/s1. The molecule has 0 aliphatic heterocycles. The summed E-state index contributed by atoms with van der Waals surface area (Å²) in [6, 6.07) is 5.80. The molecule has 1 N–H and O–H groups in total. The van der Waals surface area contributed by atoms with Crippen LogP contribution in [-0.2, 0) is 14.3 Å². The van der Waals surface area contributed by atoms with Gasteiger partial charge in [-0.3, -0.25) is 4.79 Å². The van der Waals surface area contributed by atoms with Gasteiger partial charge in [-0.1, -0.05) is 32.8 Å². The van der Waals surface area contributed by atoms with Gasteiger partial charge in [-0.25, -0.2) is 4.79 Å². The van der Waals surface area contributed by atoms with Crippen LogP contribution in [0, 0.1) is 25.7 Å². The third-order valence-electron chi connectivity index (χ3n) is 5.25. The maximum atomic E-state index is 12.0. The number of amides is 1. The Morgan fingerprint density at radius 1 is 1.12 bits per heavy atom. The van der Waals surface area contributed by atoms with Crippen molar-refractivity contribution in [3.05, 3.63) is 29.3 Å². The van der Waals surface area contributed by atoms with E-state index in [1.54, 1.807) is 0 Å². The summed E-state index contributed by atoms with van der Waals surface area (Å²) in [5.74, 6) is 0.882. The van der Waals surface area contributed by atoms with Crippen molar-refractivity contribution in [1.82, 2.24) is 5.32 Å². The van der Waals surface area contributed by atoms with Crippen LogP contribution in [0.2, 0.25) is 0 Å². The van der Waals surface area contributed by atoms with Crippen molar-refractivity contribution in [2.24, 2.45) is 11.8 Å². The van der Waals surface area contributed by atoms with E-state index in [4.69, 9.17) is 9.47 Å². The first-order chi connectivity index (χ1) is 11.9. The number of carbonyl (C=O) groups excluding carboxylic acids is 2. The topological polar surface area (TPSA) is 64.6 Å². The van der Waals surface area contributed by atoms with Crippen molar-refractivity contribution in [3.63, 3.8) is 0 Å². The van der Waals surface area contributed by atoms with Crippen molar-refractivity contribution < 1.29 is 19.1 Å². The maximum Gasteiger partial charge on any atom is 0.344 e. The zero-order chi connectivity index (χ0) is 18.4. The third kappa shape index (κ3) is 5.76. The Morgan fingerprint density at radius 3 is 2.60 bits per heavy atom. The van der Waals surface area contributed by atoms with Gasteiger partial charge in [0.05, 0.1) is 0 Å². The molecule has 1 aliphatic carbocycles. The fraction of sp³-hybridized carbons (Fsp3) is 0.600. The van der Waals surface area contributed by atoms with Crippen LogP contribution in [0.5, 0.6) is 5.75 Å². The van der Waals surface area contributed by atoms with Crippen LogP contribution < -0.4 is 10.1 Å². The number of ether oxygens (including phenoxy) is 2. The fourth-order valence-corrected chi connectivity index (χ4v) is 3.17. The van der Waals surface area contributed by atoms with Crippen molar-refractivity contribution in [1.29, 1.82) is 0 Å². The van der Waals surface area contributed by atoms with E-state index in [1.807, 2.05) is 32.0 Å². The van der Waals surface area contributed by atoms with Gasteiger partial charge in [0.15, 0.2) is 13.2 Å². The van der Waals surface area contributed by atoms with Crippen LogP contribution >= 0.6 is 0 Å². The molecular formula is C20H29NO4. The minimum atomic E-state index is -0.543. The molecule has 0 saturated heterocycles. The highest BCUT2D eigenvalue weighted by molar-refractivity contribution is 5.81. The molecule has 5 heteroatoms. The average Bonchev–Trinajstić information content (AvgIpc) is 2.58. The lowest BCUT2D eigenvalue weighted by atomic mass is 9.78. The monoisotopic (exact) mass is 347 g/mol. The highest BCUT2D eigenvalue weighted by atomic mass is 16.6. The number of esters is 1. The zero-order valence-electron chi connectivity index (χ0n) is 15.6. The summed E-state index contributed by atoms with van der Waals surface area (Å²) in [5, 5.41) is 2.98. The Morgan fingerprint density at radius 2 is 1.88 bits per heavy atom. The molecule has 1 aliphatic rings. The summed E-state index contributed by atoms with van der Waals surface area (Å²) >= 11 is 0. The SMILES string of the molecule is Cc1ccc(OCC(=O)OCC(=O)N[C@@H]2CCC[C@H](C)[C@@H]2C)cc1C. The molecule has 0 radical (unpaired) electrons. The van der Waals surface area contributed by atoms with Gasteiger partial charge in [0.2, 0.25) is 0 Å². The van der Waals surface area contributed by atoms with Crippen molar-refractivity contribution in [2.45, 2.75) is 53.0 Å². The molecule has 2 rings (SSSR count). The molecule has 3 atom stereocenters. The van der Waals surface area contributed by atoms with Crippen molar-refractivity contribution in [2.75, 3.05) is 13.2 Å². The van der Waals surface area contributed by atoms with Crippen LogP contribution in [0.15, 0.2) is 18.2 Å². The Hall–Kier alpha value is -2.04. The van der Waals surface area contributed by atoms with E-state index < -0.39 is 5.97 Å². The Kier molecular flexibility index (Phi) is 6.85. The quantitative estimate of drug-likeness (QED) is 0.803. The summed E-state index contributed by atoms with van der Waals surface area (Å²) < 4.78 is 10.4. The molecule has 0 heterocycles. The van der Waals surface area contributed by atoms with E-state index in [0.29, 0.717) is 17.6 Å². The lowest BCUT2D eigenvalue weighted by molar-refractivity contribution is -0.150. The van der Waals surface area contributed by atoms with Gasteiger partial charge in [-0.05, 0) is 55.4 Å². The van der Waals surface area contributed by atoms with Gasteiger partial charge < -0.3 is 14.8 Å². The first-order valence-electron chi connectivity index (χ1n) is 9.02. The predicted molar refractivity (Wildman–Crippen MR) is 96.5 cm³/mol. The van der Waals surface area contributed by atoms with Crippen LogP contribution in [0.3, 0.4) is 0 Å². The van der Waals surface area contributed by atoms with E-state index >= 15 is 0 Å². The van der Waals surface area contributed by atoms with E-state index in [9.17, 15) is 9.59 Å². The number of carbonyl (C=O) groups is 2. The number of nitrogens with one attached hydrogen (secondary N) is 1. The summed E-state index contributed by atoms with van der Waals surface area (Å²) in [7, 11) is 0. The number of rotatable bonds is 6. The zero-order valence-corrected chi connectivity index (χ0v) is 15.6. The van der Waals surface area contributed by atoms with Gasteiger partial charge >= 0.3 is 5.97 Å². The van der Waals surface area contributed by atoms with E-state index in [-0.39, 0.29) is 25.2 Å². The largest absolute Gasteiger partial charge is 0.482 e. The molecule has 0 bridgehead atoms. The van der Waals surface area contributed by atoms with Crippen LogP contribution in [0.25, 0.3) is 0 Å². The summed E-state index contributed by atoms with van der Waals surface area (Å²) in [6.07, 6.45) is 3.32. The molecule has 5 nitrogen and oxygen atoms in total. The van der Waals surface area contributed by atoms with Crippen molar-refractivity contribution in [3.8, 4) is 5.75 Å². The number of benzene rings is 1.